The Morgan fingerprint density at radius 3 is 2.12 bits per heavy atom. The fourth-order valence-corrected chi connectivity index (χ4v) is 5.09. The Morgan fingerprint density at radius 1 is 1.06 bits per heavy atom. The van der Waals surface area contributed by atoms with E-state index in [1.807, 2.05) is 37.4 Å². The molecule has 2 aromatic rings. The third-order valence-electron chi connectivity index (χ3n) is 7.17. The van der Waals surface area contributed by atoms with Gasteiger partial charge in [-0.1, -0.05) is 30.3 Å². The van der Waals surface area contributed by atoms with Gasteiger partial charge in [-0.15, -0.1) is 0 Å². The highest BCUT2D eigenvalue weighted by Crippen LogP contribution is 2.60. The van der Waals surface area contributed by atoms with Gasteiger partial charge in [0, 0.05) is 19.1 Å². The van der Waals surface area contributed by atoms with Crippen LogP contribution in [0.3, 0.4) is 0 Å². The largest absolute Gasteiger partial charge is 0.416 e. The molecule has 2 aromatic carbocycles. The first kappa shape index (κ1) is 24.4. The number of rotatable bonds is 4. The SMILES string of the molecule is CNC12CC1CN(C(=O)N(C)C(C)c1cc(C(F)(F)F)cc(C(F)(F)F)c1)C2c1ccccc1. The molecule has 1 aliphatic carbocycles. The van der Waals surface area contributed by atoms with Gasteiger partial charge in [-0.3, -0.25) is 0 Å². The van der Waals surface area contributed by atoms with Crippen LogP contribution in [0.2, 0.25) is 0 Å². The van der Waals surface area contributed by atoms with Crippen molar-refractivity contribution >= 4 is 6.03 Å². The number of piperidine rings is 1. The molecule has 2 fully saturated rings. The van der Waals surface area contributed by atoms with E-state index in [0.717, 1.165) is 12.0 Å². The lowest BCUT2D eigenvalue weighted by molar-refractivity contribution is -0.143. The minimum Gasteiger partial charge on any atom is -0.321 e. The first-order valence-electron chi connectivity index (χ1n) is 10.9. The molecular formula is C24H25F6N3O. The first-order valence-corrected chi connectivity index (χ1v) is 10.9. The molecule has 4 unspecified atom stereocenters. The Bertz CT molecular complexity index is 1030. The van der Waals surface area contributed by atoms with Gasteiger partial charge in [-0.2, -0.15) is 26.3 Å². The van der Waals surface area contributed by atoms with Crippen molar-refractivity contribution in [3.8, 4) is 0 Å². The monoisotopic (exact) mass is 485 g/mol. The van der Waals surface area contributed by atoms with Crippen molar-refractivity contribution in [2.45, 2.75) is 43.3 Å². The smallest absolute Gasteiger partial charge is 0.321 e. The molecule has 34 heavy (non-hydrogen) atoms. The number of alkyl halides is 6. The third kappa shape index (κ3) is 4.12. The van der Waals surface area contributed by atoms with Crippen LogP contribution in [0, 0.1) is 5.92 Å². The van der Waals surface area contributed by atoms with Crippen LogP contribution >= 0.6 is 0 Å². The zero-order valence-corrected chi connectivity index (χ0v) is 18.8. The minimum atomic E-state index is -4.95. The Morgan fingerprint density at radius 2 is 1.62 bits per heavy atom. The first-order chi connectivity index (χ1) is 15.8. The molecule has 1 saturated carbocycles. The highest BCUT2D eigenvalue weighted by molar-refractivity contribution is 5.77. The van der Waals surface area contributed by atoms with Crippen molar-refractivity contribution in [3.63, 3.8) is 0 Å². The number of likely N-dealkylation sites (N-methyl/N-ethyl adjacent to an activating group) is 1. The number of nitrogens with one attached hydrogen (secondary N) is 1. The summed E-state index contributed by atoms with van der Waals surface area (Å²) in [6.07, 6.45) is -9.02. The zero-order chi connectivity index (χ0) is 25.1. The number of fused-ring (bicyclic) bond motifs is 1. The molecule has 184 valence electrons. The summed E-state index contributed by atoms with van der Waals surface area (Å²) in [6.45, 7) is 1.88. The van der Waals surface area contributed by atoms with Crippen molar-refractivity contribution < 1.29 is 31.1 Å². The van der Waals surface area contributed by atoms with Crippen molar-refractivity contribution in [3.05, 3.63) is 70.8 Å². The van der Waals surface area contributed by atoms with Gasteiger partial charge in [0.2, 0.25) is 0 Å². The molecule has 2 amide bonds. The van der Waals surface area contributed by atoms with Gasteiger partial charge in [-0.05, 0) is 55.6 Å². The normalized spacial score (nSPS) is 25.1. The highest BCUT2D eigenvalue weighted by Gasteiger charge is 2.66. The molecule has 1 saturated heterocycles. The van der Waals surface area contributed by atoms with E-state index in [1.54, 1.807) is 4.90 Å². The number of hydrogen-bond acceptors (Lipinski definition) is 2. The second-order valence-corrected chi connectivity index (χ2v) is 9.07. The molecule has 0 radical (unpaired) electrons. The molecule has 0 spiro atoms. The number of halogens is 6. The zero-order valence-electron chi connectivity index (χ0n) is 18.8. The summed E-state index contributed by atoms with van der Waals surface area (Å²) in [4.78, 5) is 16.4. The standard InChI is InChI=1S/C24H25F6N3O/c1-14(16-9-17(23(25,26)27)11-18(10-16)24(28,29)30)32(3)21(34)33-13-19-12-22(19,31-2)20(33)15-7-5-4-6-8-15/h4-11,14,19-20,31H,12-13H2,1-3H3. The molecular weight excluding hydrogens is 460 g/mol. The fraction of sp³-hybridized carbons (Fsp3) is 0.458. The predicted octanol–water partition coefficient (Wildman–Crippen LogP) is 5.87. The van der Waals surface area contributed by atoms with Gasteiger partial charge in [0.25, 0.3) is 0 Å². The number of carbonyl (C=O) groups is 1. The third-order valence-corrected chi connectivity index (χ3v) is 7.17. The van der Waals surface area contributed by atoms with E-state index in [2.05, 4.69) is 5.32 Å². The number of likely N-dealkylation sites (tertiary alicyclic amines) is 1. The fourth-order valence-electron chi connectivity index (χ4n) is 5.09. The molecule has 4 nitrogen and oxygen atoms in total. The van der Waals surface area contributed by atoms with Crippen molar-refractivity contribution in [1.82, 2.24) is 15.1 Å². The van der Waals surface area contributed by atoms with Crippen LogP contribution in [0.25, 0.3) is 0 Å². The molecule has 10 heteroatoms. The molecule has 0 aromatic heterocycles. The lowest BCUT2D eigenvalue weighted by atomic mass is 9.97. The average Bonchev–Trinajstić information content (AvgIpc) is 3.40. The number of nitrogens with zero attached hydrogens (tertiary/aromatic N) is 2. The summed E-state index contributed by atoms with van der Waals surface area (Å²) >= 11 is 0. The van der Waals surface area contributed by atoms with Crippen LogP contribution in [-0.2, 0) is 12.4 Å². The van der Waals surface area contributed by atoms with Crippen LogP contribution in [0.15, 0.2) is 48.5 Å². The van der Waals surface area contributed by atoms with E-state index in [9.17, 15) is 31.1 Å². The maximum atomic E-state index is 13.5. The van der Waals surface area contributed by atoms with Gasteiger partial charge in [-0.25, -0.2) is 4.79 Å². The second kappa shape index (κ2) is 8.18. The molecule has 1 aliphatic heterocycles. The minimum absolute atomic E-state index is 0.0914. The Labute approximate surface area is 193 Å². The van der Waals surface area contributed by atoms with Crippen molar-refractivity contribution in [1.29, 1.82) is 0 Å². The number of benzene rings is 2. The lowest BCUT2D eigenvalue weighted by Gasteiger charge is -2.37. The summed E-state index contributed by atoms with van der Waals surface area (Å²) < 4.78 is 79.9. The van der Waals surface area contributed by atoms with Gasteiger partial charge in [0.15, 0.2) is 0 Å². The van der Waals surface area contributed by atoms with Gasteiger partial charge < -0.3 is 15.1 Å². The van der Waals surface area contributed by atoms with Crippen LogP contribution in [-0.4, -0.2) is 42.0 Å². The van der Waals surface area contributed by atoms with Crippen molar-refractivity contribution in [2.24, 2.45) is 5.92 Å². The Hall–Kier alpha value is -2.75. The lowest BCUT2D eigenvalue weighted by Crippen LogP contribution is -2.47. The van der Waals surface area contributed by atoms with E-state index in [-0.39, 0.29) is 29.1 Å². The topological polar surface area (TPSA) is 35.6 Å². The van der Waals surface area contributed by atoms with E-state index in [4.69, 9.17) is 0 Å². The van der Waals surface area contributed by atoms with E-state index in [1.165, 1.54) is 18.9 Å². The highest BCUT2D eigenvalue weighted by atomic mass is 19.4. The number of carbonyl (C=O) groups excluding carboxylic acids is 1. The number of urea groups is 1. The summed E-state index contributed by atoms with van der Waals surface area (Å²) in [5.41, 5.74) is -2.40. The molecule has 1 N–H and O–H groups in total. The summed E-state index contributed by atoms with van der Waals surface area (Å²) in [6, 6.07) is 9.10. The molecule has 2 aliphatic rings. The maximum Gasteiger partial charge on any atom is 0.416 e. The Kier molecular flexibility index (Phi) is 5.86. The number of amides is 2. The van der Waals surface area contributed by atoms with Gasteiger partial charge >= 0.3 is 18.4 Å². The molecule has 1 heterocycles. The van der Waals surface area contributed by atoms with Crippen LogP contribution in [0.1, 0.15) is 47.7 Å². The average molecular weight is 485 g/mol. The maximum absolute atomic E-state index is 13.5. The number of hydrogen-bond donors (Lipinski definition) is 1. The van der Waals surface area contributed by atoms with Crippen LogP contribution < -0.4 is 5.32 Å². The van der Waals surface area contributed by atoms with Crippen LogP contribution in [0.4, 0.5) is 31.1 Å². The van der Waals surface area contributed by atoms with Gasteiger partial charge in [0.1, 0.15) is 0 Å². The van der Waals surface area contributed by atoms with E-state index < -0.39 is 35.6 Å². The molecule has 0 bridgehead atoms. The summed E-state index contributed by atoms with van der Waals surface area (Å²) in [7, 11) is 3.23. The molecule has 4 rings (SSSR count). The second-order valence-electron chi connectivity index (χ2n) is 9.07. The van der Waals surface area contributed by atoms with Crippen molar-refractivity contribution in [2.75, 3.05) is 20.6 Å². The Balaban J connectivity index is 1.66. The molecule has 4 atom stereocenters. The predicted molar refractivity (Wildman–Crippen MR) is 114 cm³/mol. The summed E-state index contributed by atoms with van der Waals surface area (Å²) in [5.74, 6) is 0.223. The van der Waals surface area contributed by atoms with E-state index in [0.29, 0.717) is 18.7 Å². The van der Waals surface area contributed by atoms with Crippen LogP contribution in [0.5, 0.6) is 0 Å². The van der Waals surface area contributed by atoms with Gasteiger partial charge in [0.05, 0.1) is 23.2 Å². The summed E-state index contributed by atoms with van der Waals surface area (Å²) in [5, 5.41) is 3.33. The van der Waals surface area contributed by atoms with E-state index >= 15 is 0 Å². The quantitative estimate of drug-likeness (QED) is 0.550.